The van der Waals surface area contributed by atoms with Gasteiger partial charge in [0.1, 0.15) is 0 Å². The lowest BCUT2D eigenvalue weighted by Gasteiger charge is -2.24. The van der Waals surface area contributed by atoms with Crippen molar-refractivity contribution in [3.8, 4) is 0 Å². The van der Waals surface area contributed by atoms with E-state index in [1.807, 2.05) is 20.8 Å². The van der Waals surface area contributed by atoms with Crippen molar-refractivity contribution in [3.63, 3.8) is 0 Å². The van der Waals surface area contributed by atoms with E-state index in [9.17, 15) is 4.79 Å². The van der Waals surface area contributed by atoms with Crippen LogP contribution >= 0.6 is 0 Å². The highest BCUT2D eigenvalue weighted by molar-refractivity contribution is 5.86. The zero-order valence-corrected chi connectivity index (χ0v) is 8.92. The van der Waals surface area contributed by atoms with Gasteiger partial charge in [0.05, 0.1) is 5.57 Å². The van der Waals surface area contributed by atoms with Crippen LogP contribution in [0.15, 0.2) is 11.3 Å². The van der Waals surface area contributed by atoms with Crippen LogP contribution < -0.4 is 0 Å². The van der Waals surface area contributed by atoms with Crippen LogP contribution in [0, 0.1) is 0 Å². The SMILES string of the molecule is CCC(=C(C)C(=O)O)N(CC)CC. The molecule has 0 spiro atoms. The maximum Gasteiger partial charge on any atom is 0.333 e. The molecule has 0 aromatic rings. The Bertz CT molecular complexity index is 205. The molecule has 0 aromatic heterocycles. The molecule has 76 valence electrons. The fourth-order valence-electron chi connectivity index (χ4n) is 1.45. The summed E-state index contributed by atoms with van der Waals surface area (Å²) in [7, 11) is 0. The third-order valence-corrected chi connectivity index (χ3v) is 2.23. The molecule has 0 heterocycles. The Morgan fingerprint density at radius 1 is 1.23 bits per heavy atom. The minimum Gasteiger partial charge on any atom is -0.478 e. The molecule has 13 heavy (non-hydrogen) atoms. The quantitative estimate of drug-likeness (QED) is 0.667. The molecule has 0 aliphatic rings. The van der Waals surface area contributed by atoms with Gasteiger partial charge in [-0.15, -0.1) is 0 Å². The predicted molar refractivity (Wildman–Crippen MR) is 53.5 cm³/mol. The maximum absolute atomic E-state index is 10.8. The average Bonchev–Trinajstić information content (AvgIpc) is 2.12. The molecule has 0 atom stereocenters. The van der Waals surface area contributed by atoms with Crippen molar-refractivity contribution in [2.45, 2.75) is 34.1 Å². The summed E-state index contributed by atoms with van der Waals surface area (Å²) in [4.78, 5) is 12.8. The van der Waals surface area contributed by atoms with Gasteiger partial charge in [0, 0.05) is 18.8 Å². The Morgan fingerprint density at radius 2 is 1.69 bits per heavy atom. The minimum atomic E-state index is -0.816. The van der Waals surface area contributed by atoms with Gasteiger partial charge in [-0.3, -0.25) is 0 Å². The van der Waals surface area contributed by atoms with E-state index in [1.165, 1.54) is 0 Å². The molecule has 0 bridgehead atoms. The van der Waals surface area contributed by atoms with Crippen LogP contribution in [0.25, 0.3) is 0 Å². The van der Waals surface area contributed by atoms with Crippen molar-refractivity contribution in [2.24, 2.45) is 0 Å². The van der Waals surface area contributed by atoms with Crippen molar-refractivity contribution >= 4 is 5.97 Å². The number of rotatable bonds is 5. The zero-order valence-electron chi connectivity index (χ0n) is 8.92. The van der Waals surface area contributed by atoms with E-state index in [1.54, 1.807) is 6.92 Å². The first-order chi connectivity index (χ1) is 6.08. The van der Waals surface area contributed by atoms with Crippen molar-refractivity contribution in [1.29, 1.82) is 0 Å². The molecule has 0 unspecified atom stereocenters. The summed E-state index contributed by atoms with van der Waals surface area (Å²) in [5, 5.41) is 8.84. The minimum absolute atomic E-state index is 0.464. The number of carboxylic acid groups (broad SMARTS) is 1. The van der Waals surface area contributed by atoms with E-state index in [0.717, 1.165) is 25.2 Å². The van der Waals surface area contributed by atoms with Crippen LogP contribution in [0.3, 0.4) is 0 Å². The van der Waals surface area contributed by atoms with Gasteiger partial charge in [-0.2, -0.15) is 0 Å². The summed E-state index contributed by atoms with van der Waals surface area (Å²) in [5.74, 6) is -0.816. The number of nitrogens with zero attached hydrogens (tertiary/aromatic N) is 1. The molecule has 0 fully saturated rings. The van der Waals surface area contributed by atoms with E-state index in [-0.39, 0.29) is 0 Å². The second-order valence-corrected chi connectivity index (χ2v) is 2.90. The lowest BCUT2D eigenvalue weighted by molar-refractivity contribution is -0.132. The van der Waals surface area contributed by atoms with Crippen LogP contribution in [0.4, 0.5) is 0 Å². The first-order valence-electron chi connectivity index (χ1n) is 4.76. The maximum atomic E-state index is 10.8. The van der Waals surface area contributed by atoms with Gasteiger partial charge >= 0.3 is 5.97 Å². The molecule has 0 saturated carbocycles. The van der Waals surface area contributed by atoms with Crippen molar-refractivity contribution < 1.29 is 9.90 Å². The Balaban J connectivity index is 4.84. The highest BCUT2D eigenvalue weighted by atomic mass is 16.4. The molecule has 0 rings (SSSR count). The summed E-state index contributed by atoms with van der Waals surface area (Å²) < 4.78 is 0. The van der Waals surface area contributed by atoms with E-state index in [0.29, 0.717) is 5.57 Å². The topological polar surface area (TPSA) is 40.5 Å². The molecule has 1 N–H and O–H groups in total. The van der Waals surface area contributed by atoms with Crippen LogP contribution in [-0.4, -0.2) is 29.1 Å². The van der Waals surface area contributed by atoms with Crippen LogP contribution in [-0.2, 0) is 4.79 Å². The smallest absolute Gasteiger partial charge is 0.333 e. The zero-order chi connectivity index (χ0) is 10.4. The van der Waals surface area contributed by atoms with Crippen molar-refractivity contribution in [2.75, 3.05) is 13.1 Å². The van der Waals surface area contributed by atoms with E-state index in [4.69, 9.17) is 5.11 Å². The van der Waals surface area contributed by atoms with Gasteiger partial charge in [0.2, 0.25) is 0 Å². The lowest BCUT2D eigenvalue weighted by Crippen LogP contribution is -2.24. The molecular formula is C10H19NO2. The number of hydrogen-bond donors (Lipinski definition) is 1. The highest BCUT2D eigenvalue weighted by Crippen LogP contribution is 2.13. The summed E-state index contributed by atoms with van der Waals surface area (Å²) >= 11 is 0. The highest BCUT2D eigenvalue weighted by Gasteiger charge is 2.11. The van der Waals surface area contributed by atoms with Gasteiger partial charge in [0.25, 0.3) is 0 Å². The van der Waals surface area contributed by atoms with E-state index >= 15 is 0 Å². The van der Waals surface area contributed by atoms with Gasteiger partial charge in [-0.05, 0) is 27.2 Å². The number of hydrogen-bond acceptors (Lipinski definition) is 2. The fourth-order valence-corrected chi connectivity index (χ4v) is 1.45. The molecule has 0 radical (unpaired) electrons. The standard InChI is InChI=1S/C10H19NO2/c1-5-9(8(4)10(12)13)11(6-2)7-3/h5-7H2,1-4H3,(H,12,13). The predicted octanol–water partition coefficient (Wildman–Crippen LogP) is 2.10. The van der Waals surface area contributed by atoms with Crippen molar-refractivity contribution in [1.82, 2.24) is 4.90 Å². The van der Waals surface area contributed by atoms with Crippen LogP contribution in [0.1, 0.15) is 34.1 Å². The van der Waals surface area contributed by atoms with Gasteiger partial charge < -0.3 is 10.0 Å². The van der Waals surface area contributed by atoms with Crippen LogP contribution in [0.2, 0.25) is 0 Å². The summed E-state index contributed by atoms with van der Waals surface area (Å²) in [6, 6.07) is 0. The molecule has 0 aliphatic carbocycles. The monoisotopic (exact) mass is 185 g/mol. The molecule has 0 aromatic carbocycles. The number of allylic oxidation sites excluding steroid dienone is 1. The number of carboxylic acids is 1. The molecule has 3 nitrogen and oxygen atoms in total. The second-order valence-electron chi connectivity index (χ2n) is 2.90. The first-order valence-corrected chi connectivity index (χ1v) is 4.76. The first kappa shape index (κ1) is 12.0. The van der Waals surface area contributed by atoms with E-state index in [2.05, 4.69) is 4.90 Å². The Morgan fingerprint density at radius 3 is 1.92 bits per heavy atom. The molecule has 3 heteroatoms. The Labute approximate surface area is 80.0 Å². The van der Waals surface area contributed by atoms with Gasteiger partial charge in [-0.25, -0.2) is 4.79 Å². The largest absolute Gasteiger partial charge is 0.478 e. The van der Waals surface area contributed by atoms with E-state index < -0.39 is 5.97 Å². The Hall–Kier alpha value is -0.990. The van der Waals surface area contributed by atoms with Gasteiger partial charge in [-0.1, -0.05) is 6.92 Å². The fraction of sp³-hybridized carbons (Fsp3) is 0.700. The van der Waals surface area contributed by atoms with Crippen molar-refractivity contribution in [3.05, 3.63) is 11.3 Å². The number of carbonyl (C=O) groups is 1. The average molecular weight is 185 g/mol. The van der Waals surface area contributed by atoms with Crippen LogP contribution in [0.5, 0.6) is 0 Å². The summed E-state index contributed by atoms with van der Waals surface area (Å²) in [6.45, 7) is 9.46. The summed E-state index contributed by atoms with van der Waals surface area (Å²) in [6.07, 6.45) is 0.778. The third-order valence-electron chi connectivity index (χ3n) is 2.23. The second kappa shape index (κ2) is 5.62. The third kappa shape index (κ3) is 3.09. The Kier molecular flexibility index (Phi) is 5.19. The van der Waals surface area contributed by atoms with Gasteiger partial charge in [0.15, 0.2) is 0 Å². The molecular weight excluding hydrogens is 166 g/mol. The normalized spacial score (nSPS) is 12.3. The molecule has 0 saturated heterocycles. The lowest BCUT2D eigenvalue weighted by atomic mass is 10.1. The summed E-state index contributed by atoms with van der Waals surface area (Å²) in [5.41, 5.74) is 1.41. The molecule has 0 aliphatic heterocycles. The molecule has 0 amide bonds. The number of aliphatic carboxylic acids is 1.